The van der Waals surface area contributed by atoms with Crippen LogP contribution in [0.15, 0.2) is 4.36 Å². The molecule has 1 saturated heterocycles. The van der Waals surface area contributed by atoms with Crippen LogP contribution in [-0.2, 0) is 14.7 Å². The quantitative estimate of drug-likeness (QED) is 0.563. The van der Waals surface area contributed by atoms with Gasteiger partial charge in [0.2, 0.25) is 12.1 Å². The lowest BCUT2D eigenvalue weighted by Crippen LogP contribution is -2.44. The summed E-state index contributed by atoms with van der Waals surface area (Å²) in [5, 5.41) is 8.43. The van der Waals surface area contributed by atoms with Gasteiger partial charge in [-0.25, -0.2) is 8.51 Å². The molecule has 0 N–H and O–H groups in total. The lowest BCUT2D eigenvalue weighted by molar-refractivity contribution is -0.127. The summed E-state index contributed by atoms with van der Waals surface area (Å²) in [6.07, 6.45) is 1.74. The van der Waals surface area contributed by atoms with Gasteiger partial charge in [-0.15, -0.1) is 4.36 Å². The van der Waals surface area contributed by atoms with E-state index in [2.05, 4.69) is 4.36 Å². The summed E-state index contributed by atoms with van der Waals surface area (Å²) in [7, 11) is -2.80. The van der Waals surface area contributed by atoms with Crippen molar-refractivity contribution >= 4 is 15.8 Å². The molecule has 1 atom stereocenters. The van der Waals surface area contributed by atoms with Crippen LogP contribution in [-0.4, -0.2) is 25.7 Å². The normalized spacial score (nSPS) is 27.6. The highest BCUT2D eigenvalue weighted by atomic mass is 32.2. The molecule has 0 radical (unpaired) electrons. The molecular weight excluding hydrogens is 202 g/mol. The Kier molecular flexibility index (Phi) is 2.54. The Labute approximate surface area is 84.0 Å². The standard InChI is InChI=1S/C8H13N3O2S/c1-8(2,3)11-7(12)4-5-14(11,13)10-6-9/h4-5H2,1-3H3. The molecule has 0 saturated carbocycles. The zero-order valence-corrected chi connectivity index (χ0v) is 9.30. The van der Waals surface area contributed by atoms with Crippen LogP contribution in [0.2, 0.25) is 0 Å². The summed E-state index contributed by atoms with van der Waals surface area (Å²) in [6, 6.07) is 0. The average molecular weight is 215 g/mol. The van der Waals surface area contributed by atoms with Crippen LogP contribution in [0.25, 0.3) is 0 Å². The Bertz CT molecular complexity index is 407. The zero-order chi connectivity index (χ0) is 11.0. The topological polar surface area (TPSA) is 73.5 Å². The number of hydrogen-bond acceptors (Lipinski definition) is 4. The molecule has 5 nitrogen and oxygen atoms in total. The van der Waals surface area contributed by atoms with Crippen molar-refractivity contribution in [2.75, 3.05) is 5.75 Å². The highest BCUT2D eigenvalue weighted by molar-refractivity contribution is 7.92. The molecule has 1 rings (SSSR count). The third kappa shape index (κ3) is 1.73. The van der Waals surface area contributed by atoms with E-state index in [1.165, 1.54) is 10.5 Å². The maximum atomic E-state index is 12.1. The number of amides is 1. The molecule has 1 aliphatic heterocycles. The minimum Gasteiger partial charge on any atom is -0.274 e. The van der Waals surface area contributed by atoms with Gasteiger partial charge in [-0.2, -0.15) is 5.26 Å². The Morgan fingerprint density at radius 2 is 2.14 bits per heavy atom. The molecule has 1 heterocycles. The fourth-order valence-corrected chi connectivity index (χ4v) is 3.71. The maximum absolute atomic E-state index is 12.1. The molecule has 0 bridgehead atoms. The molecule has 1 unspecified atom stereocenters. The summed E-state index contributed by atoms with van der Waals surface area (Å²) >= 11 is 0. The van der Waals surface area contributed by atoms with Gasteiger partial charge in [0.05, 0.1) is 5.75 Å². The average Bonchev–Trinajstić information content (AvgIpc) is 2.26. The van der Waals surface area contributed by atoms with Crippen LogP contribution in [0.5, 0.6) is 0 Å². The fraction of sp³-hybridized carbons (Fsp3) is 0.750. The molecule has 0 aromatic carbocycles. The minimum atomic E-state index is -2.80. The summed E-state index contributed by atoms with van der Waals surface area (Å²) in [5.74, 6) is -0.0297. The Morgan fingerprint density at radius 3 is 2.57 bits per heavy atom. The Balaban J connectivity index is 3.27. The van der Waals surface area contributed by atoms with E-state index in [4.69, 9.17) is 5.26 Å². The number of rotatable bonds is 0. The highest BCUT2D eigenvalue weighted by Crippen LogP contribution is 2.27. The van der Waals surface area contributed by atoms with Gasteiger partial charge in [-0.1, -0.05) is 0 Å². The third-order valence-electron chi connectivity index (χ3n) is 1.89. The molecule has 0 aromatic rings. The number of hydrogen-bond donors (Lipinski definition) is 0. The smallest absolute Gasteiger partial charge is 0.236 e. The van der Waals surface area contributed by atoms with E-state index in [1.54, 1.807) is 20.8 Å². The first-order valence-corrected chi connectivity index (χ1v) is 5.91. The molecule has 1 amide bonds. The van der Waals surface area contributed by atoms with E-state index >= 15 is 0 Å². The lowest BCUT2D eigenvalue weighted by Gasteiger charge is -2.31. The van der Waals surface area contributed by atoms with Gasteiger partial charge in [-0.05, 0) is 20.8 Å². The van der Waals surface area contributed by atoms with E-state index < -0.39 is 15.5 Å². The van der Waals surface area contributed by atoms with Crippen LogP contribution < -0.4 is 0 Å². The van der Waals surface area contributed by atoms with E-state index in [-0.39, 0.29) is 18.1 Å². The summed E-state index contributed by atoms with van der Waals surface area (Å²) in [4.78, 5) is 11.5. The van der Waals surface area contributed by atoms with Gasteiger partial charge in [0.25, 0.3) is 0 Å². The van der Waals surface area contributed by atoms with Crippen LogP contribution in [0.4, 0.5) is 0 Å². The minimum absolute atomic E-state index is 0.163. The summed E-state index contributed by atoms with van der Waals surface area (Å²) < 4.78 is 16.7. The van der Waals surface area contributed by atoms with Gasteiger partial charge in [-0.3, -0.25) is 4.79 Å². The fourth-order valence-electron chi connectivity index (χ4n) is 1.52. The van der Waals surface area contributed by atoms with Crippen molar-refractivity contribution in [3.8, 4) is 6.19 Å². The Hall–Kier alpha value is -1.09. The largest absolute Gasteiger partial charge is 0.274 e. The lowest BCUT2D eigenvalue weighted by atomic mass is 10.1. The number of nitrogens with zero attached hydrogens (tertiary/aromatic N) is 3. The molecule has 0 aliphatic carbocycles. The molecule has 0 aromatic heterocycles. The van der Waals surface area contributed by atoms with E-state index in [0.717, 1.165) is 0 Å². The molecular formula is C8H13N3O2S. The van der Waals surface area contributed by atoms with E-state index in [9.17, 15) is 9.00 Å². The molecule has 78 valence electrons. The number of nitriles is 1. The van der Waals surface area contributed by atoms with Crippen molar-refractivity contribution in [2.45, 2.75) is 32.7 Å². The Morgan fingerprint density at radius 1 is 1.57 bits per heavy atom. The van der Waals surface area contributed by atoms with Crippen LogP contribution >= 0.6 is 0 Å². The van der Waals surface area contributed by atoms with Crippen molar-refractivity contribution in [1.29, 1.82) is 5.26 Å². The second-order valence-corrected chi connectivity index (χ2v) is 6.28. The van der Waals surface area contributed by atoms with Gasteiger partial charge in [0, 0.05) is 12.0 Å². The van der Waals surface area contributed by atoms with Gasteiger partial charge < -0.3 is 0 Å². The SMILES string of the molecule is CC(C)(C)N1C(=O)CCS1(=O)=NC#N. The first-order valence-electron chi connectivity index (χ1n) is 4.27. The number of carbonyl (C=O) groups is 1. The first kappa shape index (κ1) is 11.0. The van der Waals surface area contributed by atoms with Crippen LogP contribution in [0.3, 0.4) is 0 Å². The van der Waals surface area contributed by atoms with Crippen molar-refractivity contribution in [1.82, 2.24) is 4.31 Å². The van der Waals surface area contributed by atoms with Crippen LogP contribution in [0, 0.1) is 11.5 Å². The van der Waals surface area contributed by atoms with Crippen molar-refractivity contribution in [3.05, 3.63) is 0 Å². The monoisotopic (exact) mass is 215 g/mol. The van der Waals surface area contributed by atoms with Crippen molar-refractivity contribution in [3.63, 3.8) is 0 Å². The highest BCUT2D eigenvalue weighted by Gasteiger charge is 2.40. The predicted molar refractivity (Wildman–Crippen MR) is 52.3 cm³/mol. The van der Waals surface area contributed by atoms with Gasteiger partial charge in [0.15, 0.2) is 0 Å². The maximum Gasteiger partial charge on any atom is 0.236 e. The summed E-state index contributed by atoms with van der Waals surface area (Å²) in [6.45, 7) is 5.34. The zero-order valence-electron chi connectivity index (χ0n) is 8.48. The molecule has 0 spiro atoms. The van der Waals surface area contributed by atoms with Gasteiger partial charge >= 0.3 is 0 Å². The van der Waals surface area contributed by atoms with Crippen molar-refractivity contribution < 1.29 is 9.00 Å². The molecule has 1 aliphatic rings. The van der Waals surface area contributed by atoms with E-state index in [1.807, 2.05) is 0 Å². The molecule has 14 heavy (non-hydrogen) atoms. The molecule has 6 heteroatoms. The second-order valence-electron chi connectivity index (χ2n) is 4.11. The number of carbonyl (C=O) groups excluding carboxylic acids is 1. The predicted octanol–water partition coefficient (Wildman–Crippen LogP) is 0.881. The third-order valence-corrected chi connectivity index (χ3v) is 4.31. The first-order chi connectivity index (χ1) is 6.31. The van der Waals surface area contributed by atoms with Crippen LogP contribution in [0.1, 0.15) is 27.2 Å². The van der Waals surface area contributed by atoms with E-state index in [0.29, 0.717) is 0 Å². The molecule has 1 fully saturated rings. The second kappa shape index (κ2) is 3.24. The summed E-state index contributed by atoms with van der Waals surface area (Å²) in [5.41, 5.74) is -0.551. The van der Waals surface area contributed by atoms with Gasteiger partial charge in [0.1, 0.15) is 9.92 Å². The van der Waals surface area contributed by atoms with Crippen molar-refractivity contribution in [2.24, 2.45) is 4.36 Å².